The van der Waals surface area contributed by atoms with Gasteiger partial charge in [0.05, 0.1) is 30.7 Å². The van der Waals surface area contributed by atoms with Gasteiger partial charge in [-0.25, -0.2) is 17.9 Å². The van der Waals surface area contributed by atoms with Gasteiger partial charge in [0.2, 0.25) is 15.9 Å². The molecule has 0 saturated heterocycles. The second kappa shape index (κ2) is 9.15. The average molecular weight is 392 g/mol. The predicted octanol–water partition coefficient (Wildman–Crippen LogP) is 1.79. The lowest BCUT2D eigenvalue weighted by atomic mass is 10.2. The van der Waals surface area contributed by atoms with Crippen molar-refractivity contribution in [1.82, 2.24) is 4.72 Å². The molecule has 9 heteroatoms. The van der Waals surface area contributed by atoms with E-state index in [0.717, 1.165) is 0 Å². The van der Waals surface area contributed by atoms with Gasteiger partial charge in [0, 0.05) is 5.69 Å². The van der Waals surface area contributed by atoms with Crippen LogP contribution in [-0.4, -0.2) is 40.6 Å². The monoisotopic (exact) mass is 392 g/mol. The van der Waals surface area contributed by atoms with E-state index >= 15 is 0 Å². The molecule has 2 aromatic rings. The minimum absolute atomic E-state index is 0.0622. The summed E-state index contributed by atoms with van der Waals surface area (Å²) < 4.78 is 36.6. The number of hydrogen-bond donors (Lipinski definition) is 2. The van der Waals surface area contributed by atoms with Crippen LogP contribution in [0.5, 0.6) is 5.75 Å². The molecule has 0 fully saturated rings. The normalized spacial score (nSPS) is 10.9. The van der Waals surface area contributed by atoms with Crippen LogP contribution >= 0.6 is 0 Å². The van der Waals surface area contributed by atoms with Crippen molar-refractivity contribution in [3.63, 3.8) is 0 Å². The molecule has 0 spiro atoms. The Balaban J connectivity index is 1.95. The maximum atomic E-state index is 12.3. The zero-order chi connectivity index (χ0) is 19.9. The van der Waals surface area contributed by atoms with E-state index in [1.807, 2.05) is 0 Å². The first-order chi connectivity index (χ1) is 12.9. The molecule has 0 aliphatic heterocycles. The summed E-state index contributed by atoms with van der Waals surface area (Å²) in [5.74, 6) is -0.417. The Morgan fingerprint density at radius 1 is 1.00 bits per heavy atom. The van der Waals surface area contributed by atoms with Crippen molar-refractivity contribution in [2.45, 2.75) is 11.8 Å². The Kier molecular flexibility index (Phi) is 6.91. The van der Waals surface area contributed by atoms with Crippen LogP contribution in [0.1, 0.15) is 17.3 Å². The zero-order valence-corrected chi connectivity index (χ0v) is 15.7. The van der Waals surface area contributed by atoms with E-state index in [-0.39, 0.29) is 17.1 Å². The van der Waals surface area contributed by atoms with Gasteiger partial charge >= 0.3 is 5.97 Å². The smallest absolute Gasteiger partial charge is 0.338 e. The first-order valence-corrected chi connectivity index (χ1v) is 9.55. The number of rotatable bonds is 8. The van der Waals surface area contributed by atoms with Crippen LogP contribution in [0.25, 0.3) is 0 Å². The van der Waals surface area contributed by atoms with Gasteiger partial charge in [-0.1, -0.05) is 0 Å². The van der Waals surface area contributed by atoms with Gasteiger partial charge in [0.1, 0.15) is 5.75 Å². The summed E-state index contributed by atoms with van der Waals surface area (Å²) in [7, 11) is -2.37. The zero-order valence-electron chi connectivity index (χ0n) is 14.9. The summed E-state index contributed by atoms with van der Waals surface area (Å²) in [6.45, 7) is 1.47. The van der Waals surface area contributed by atoms with Crippen molar-refractivity contribution in [2.24, 2.45) is 0 Å². The maximum Gasteiger partial charge on any atom is 0.338 e. The minimum Gasteiger partial charge on any atom is -0.497 e. The van der Waals surface area contributed by atoms with Crippen molar-refractivity contribution in [3.8, 4) is 5.75 Å². The molecule has 2 N–H and O–H groups in total. The molecule has 8 nitrogen and oxygen atoms in total. The highest BCUT2D eigenvalue weighted by atomic mass is 32.2. The lowest BCUT2D eigenvalue weighted by Crippen LogP contribution is -2.32. The van der Waals surface area contributed by atoms with E-state index in [1.165, 1.54) is 31.4 Å². The molecule has 1 amide bonds. The van der Waals surface area contributed by atoms with Crippen LogP contribution in [0.4, 0.5) is 5.69 Å². The minimum atomic E-state index is -3.90. The maximum absolute atomic E-state index is 12.3. The van der Waals surface area contributed by atoms with E-state index in [2.05, 4.69) is 10.0 Å². The van der Waals surface area contributed by atoms with Crippen LogP contribution in [0.15, 0.2) is 53.4 Å². The Bertz CT molecular complexity index is 892. The summed E-state index contributed by atoms with van der Waals surface area (Å²) in [6, 6.07) is 11.9. The molecule has 0 radical (unpaired) electrons. The molecule has 27 heavy (non-hydrogen) atoms. The molecule has 0 atom stereocenters. The Morgan fingerprint density at radius 2 is 1.63 bits per heavy atom. The fraction of sp³-hybridized carbons (Fsp3) is 0.222. The van der Waals surface area contributed by atoms with Crippen molar-refractivity contribution in [3.05, 3.63) is 54.1 Å². The second-order valence-corrected chi connectivity index (χ2v) is 7.11. The lowest BCUT2D eigenvalue weighted by molar-refractivity contribution is -0.115. The third-order valence-corrected chi connectivity index (χ3v) is 4.89. The number of carbonyl (C=O) groups is 2. The number of carbonyl (C=O) groups excluding carboxylic acids is 2. The number of esters is 1. The van der Waals surface area contributed by atoms with Gasteiger partial charge in [-0.3, -0.25) is 4.79 Å². The number of methoxy groups -OCH3 is 1. The Morgan fingerprint density at radius 3 is 2.19 bits per heavy atom. The van der Waals surface area contributed by atoms with Crippen molar-refractivity contribution >= 4 is 27.6 Å². The molecular weight excluding hydrogens is 372 g/mol. The molecular formula is C18H20N2O6S. The number of sulfonamides is 1. The van der Waals surface area contributed by atoms with Crippen LogP contribution in [-0.2, 0) is 19.6 Å². The number of amides is 1. The van der Waals surface area contributed by atoms with Gasteiger partial charge in [-0.05, 0) is 55.5 Å². The van der Waals surface area contributed by atoms with Crippen molar-refractivity contribution < 1.29 is 27.5 Å². The largest absolute Gasteiger partial charge is 0.497 e. The predicted molar refractivity (Wildman–Crippen MR) is 99.2 cm³/mol. The molecule has 0 saturated carbocycles. The van der Waals surface area contributed by atoms with Crippen LogP contribution in [0.3, 0.4) is 0 Å². The van der Waals surface area contributed by atoms with E-state index in [0.29, 0.717) is 11.4 Å². The molecule has 0 heterocycles. The number of benzene rings is 2. The highest BCUT2D eigenvalue weighted by molar-refractivity contribution is 7.89. The highest BCUT2D eigenvalue weighted by Crippen LogP contribution is 2.15. The van der Waals surface area contributed by atoms with E-state index in [4.69, 9.17) is 9.47 Å². The lowest BCUT2D eigenvalue weighted by Gasteiger charge is -2.09. The van der Waals surface area contributed by atoms with Gasteiger partial charge in [-0.2, -0.15) is 0 Å². The number of ether oxygens (including phenoxy) is 2. The molecule has 144 valence electrons. The second-order valence-electron chi connectivity index (χ2n) is 5.35. The highest BCUT2D eigenvalue weighted by Gasteiger charge is 2.16. The molecule has 0 unspecified atom stereocenters. The topological polar surface area (TPSA) is 111 Å². The SMILES string of the molecule is CCOC(=O)c1ccc(S(=O)(=O)NCC(=O)Nc2ccc(OC)cc2)cc1. The first-order valence-electron chi connectivity index (χ1n) is 8.06. The van der Waals surface area contributed by atoms with Crippen LogP contribution < -0.4 is 14.8 Å². The van der Waals surface area contributed by atoms with Crippen molar-refractivity contribution in [1.29, 1.82) is 0 Å². The Hall–Kier alpha value is -2.91. The summed E-state index contributed by atoms with van der Waals surface area (Å²) in [5, 5.41) is 2.57. The quantitative estimate of drug-likeness (QED) is 0.663. The molecule has 0 aromatic heterocycles. The van der Waals surface area contributed by atoms with Gasteiger partial charge < -0.3 is 14.8 Å². The third kappa shape index (κ3) is 5.80. The van der Waals surface area contributed by atoms with Crippen LogP contribution in [0, 0.1) is 0 Å². The van der Waals surface area contributed by atoms with Crippen molar-refractivity contribution in [2.75, 3.05) is 25.6 Å². The van der Waals surface area contributed by atoms with E-state index < -0.39 is 28.4 Å². The first kappa shape index (κ1) is 20.4. The number of nitrogens with one attached hydrogen (secondary N) is 2. The fourth-order valence-corrected chi connectivity index (χ4v) is 3.09. The fourth-order valence-electron chi connectivity index (χ4n) is 2.11. The molecule has 0 bridgehead atoms. The molecule has 2 rings (SSSR count). The molecule has 0 aliphatic carbocycles. The number of anilines is 1. The third-order valence-electron chi connectivity index (χ3n) is 3.47. The standard InChI is InChI=1S/C18H20N2O6S/c1-3-26-18(22)13-4-10-16(11-5-13)27(23,24)19-12-17(21)20-14-6-8-15(25-2)9-7-14/h4-11,19H,3,12H2,1-2H3,(H,20,21). The van der Waals surface area contributed by atoms with Gasteiger partial charge in [0.25, 0.3) is 0 Å². The summed E-state index contributed by atoms with van der Waals surface area (Å²) in [4.78, 5) is 23.5. The summed E-state index contributed by atoms with van der Waals surface area (Å²) >= 11 is 0. The average Bonchev–Trinajstić information content (AvgIpc) is 2.67. The molecule has 0 aliphatic rings. The molecule has 2 aromatic carbocycles. The number of hydrogen-bond acceptors (Lipinski definition) is 6. The Labute approximate surface area is 157 Å². The summed E-state index contributed by atoms with van der Waals surface area (Å²) in [6.07, 6.45) is 0. The summed E-state index contributed by atoms with van der Waals surface area (Å²) in [5.41, 5.74) is 0.756. The van der Waals surface area contributed by atoms with Crippen LogP contribution in [0.2, 0.25) is 0 Å². The van der Waals surface area contributed by atoms with E-state index in [1.54, 1.807) is 31.2 Å². The van der Waals surface area contributed by atoms with E-state index in [9.17, 15) is 18.0 Å². The van der Waals surface area contributed by atoms with Gasteiger partial charge in [0.15, 0.2) is 0 Å². The van der Waals surface area contributed by atoms with Gasteiger partial charge in [-0.15, -0.1) is 0 Å².